The fraction of sp³-hybridized carbons (Fsp3) is 0.353. The molecule has 4 nitrogen and oxygen atoms in total. The lowest BCUT2D eigenvalue weighted by Crippen LogP contribution is -2.35. The van der Waals surface area contributed by atoms with Crippen molar-refractivity contribution in [3.8, 4) is 0 Å². The first-order chi connectivity index (χ1) is 10.3. The Bertz CT molecular complexity index is 590. The fourth-order valence-electron chi connectivity index (χ4n) is 2.30. The van der Waals surface area contributed by atoms with Crippen molar-refractivity contribution in [3.05, 3.63) is 48.0 Å². The molecule has 2 N–H and O–H groups in total. The molecule has 21 heavy (non-hydrogen) atoms. The van der Waals surface area contributed by atoms with Crippen LogP contribution in [-0.2, 0) is 4.74 Å². The number of benzene rings is 2. The minimum atomic E-state index is 0.0336. The van der Waals surface area contributed by atoms with Crippen LogP contribution in [0.2, 0.25) is 0 Å². The molecule has 2 aromatic rings. The average molecular weight is 286 g/mol. The van der Waals surface area contributed by atoms with Crippen molar-refractivity contribution in [2.45, 2.75) is 6.42 Å². The molecule has 0 aliphatic carbocycles. The molecule has 4 heteroatoms. The summed E-state index contributed by atoms with van der Waals surface area (Å²) in [5.74, 6) is 0.0336. The third kappa shape index (κ3) is 4.03. The van der Waals surface area contributed by atoms with Crippen LogP contribution in [0, 0.1) is 0 Å². The zero-order valence-electron chi connectivity index (χ0n) is 12.4. The van der Waals surface area contributed by atoms with Gasteiger partial charge in [0.1, 0.15) is 0 Å². The molecule has 0 atom stereocenters. The lowest BCUT2D eigenvalue weighted by Gasteiger charge is -2.22. The highest BCUT2D eigenvalue weighted by atomic mass is 16.5. The Morgan fingerprint density at radius 1 is 1.14 bits per heavy atom. The van der Waals surface area contributed by atoms with Crippen LogP contribution in [-0.4, -0.2) is 44.2 Å². The Hall–Kier alpha value is -1.91. The van der Waals surface area contributed by atoms with Crippen molar-refractivity contribution in [1.82, 2.24) is 4.90 Å². The second-order valence-electron chi connectivity index (χ2n) is 4.99. The smallest absolute Gasteiger partial charge is 0.253 e. The number of carbonyl (C=O) groups excluding carboxylic acids is 1. The summed E-state index contributed by atoms with van der Waals surface area (Å²) in [6.07, 6.45) is 0.795. The molecule has 0 radical (unpaired) electrons. The Balaban J connectivity index is 2.20. The van der Waals surface area contributed by atoms with Gasteiger partial charge in [-0.05, 0) is 35.9 Å². The van der Waals surface area contributed by atoms with Gasteiger partial charge in [0.25, 0.3) is 5.91 Å². The van der Waals surface area contributed by atoms with Crippen molar-refractivity contribution in [2.24, 2.45) is 5.73 Å². The monoisotopic (exact) mass is 286 g/mol. The van der Waals surface area contributed by atoms with Crippen molar-refractivity contribution in [3.63, 3.8) is 0 Å². The summed E-state index contributed by atoms with van der Waals surface area (Å²) in [6, 6.07) is 13.8. The number of nitrogens with zero attached hydrogens (tertiary/aromatic N) is 1. The van der Waals surface area contributed by atoms with Crippen molar-refractivity contribution < 1.29 is 9.53 Å². The first-order valence-corrected chi connectivity index (χ1v) is 7.23. The highest BCUT2D eigenvalue weighted by molar-refractivity contribution is 5.98. The standard InChI is InChI=1S/C17H22N2O2/c1-21-12-11-19(10-4-9-18)17(20)16-8-7-14-5-2-3-6-15(14)13-16/h2-3,5-8,13H,4,9-12,18H2,1H3. The van der Waals surface area contributed by atoms with Crippen LogP contribution in [0.5, 0.6) is 0 Å². The van der Waals surface area contributed by atoms with Gasteiger partial charge in [-0.1, -0.05) is 30.3 Å². The van der Waals surface area contributed by atoms with Crippen LogP contribution < -0.4 is 5.73 Å². The minimum absolute atomic E-state index is 0.0336. The maximum absolute atomic E-state index is 12.6. The van der Waals surface area contributed by atoms with E-state index in [1.165, 1.54) is 0 Å². The van der Waals surface area contributed by atoms with Crippen molar-refractivity contribution >= 4 is 16.7 Å². The number of hydrogen-bond donors (Lipinski definition) is 1. The molecule has 0 aliphatic heterocycles. The molecule has 0 fully saturated rings. The number of carbonyl (C=O) groups is 1. The number of nitrogens with two attached hydrogens (primary N) is 1. The van der Waals surface area contributed by atoms with E-state index in [1.54, 1.807) is 12.0 Å². The summed E-state index contributed by atoms with van der Waals surface area (Å²) in [4.78, 5) is 14.4. The van der Waals surface area contributed by atoms with E-state index in [9.17, 15) is 4.79 Å². The summed E-state index contributed by atoms with van der Waals surface area (Å²) in [5.41, 5.74) is 6.26. The van der Waals surface area contributed by atoms with Crippen LogP contribution in [0.4, 0.5) is 0 Å². The molecule has 0 aliphatic rings. The summed E-state index contributed by atoms with van der Waals surface area (Å²) in [7, 11) is 1.64. The van der Waals surface area contributed by atoms with E-state index in [4.69, 9.17) is 10.5 Å². The quantitative estimate of drug-likeness (QED) is 0.849. The zero-order valence-corrected chi connectivity index (χ0v) is 12.4. The molecule has 2 rings (SSSR count). The Morgan fingerprint density at radius 3 is 2.62 bits per heavy atom. The summed E-state index contributed by atoms with van der Waals surface area (Å²) < 4.78 is 5.08. The lowest BCUT2D eigenvalue weighted by molar-refractivity contribution is 0.0694. The Labute approximate surface area is 125 Å². The second kappa shape index (κ2) is 7.76. The Morgan fingerprint density at radius 2 is 1.90 bits per heavy atom. The summed E-state index contributed by atoms with van der Waals surface area (Å²) in [6.45, 7) is 2.35. The van der Waals surface area contributed by atoms with Gasteiger partial charge in [0.05, 0.1) is 6.61 Å². The zero-order chi connectivity index (χ0) is 15.1. The number of fused-ring (bicyclic) bond motifs is 1. The van der Waals surface area contributed by atoms with Crippen LogP contribution in [0.1, 0.15) is 16.8 Å². The van der Waals surface area contributed by atoms with E-state index in [0.29, 0.717) is 31.8 Å². The van der Waals surface area contributed by atoms with Gasteiger partial charge in [-0.2, -0.15) is 0 Å². The normalized spacial score (nSPS) is 10.8. The third-order valence-electron chi connectivity index (χ3n) is 3.48. The molecule has 1 amide bonds. The number of rotatable bonds is 7. The van der Waals surface area contributed by atoms with Gasteiger partial charge < -0.3 is 15.4 Å². The highest BCUT2D eigenvalue weighted by Crippen LogP contribution is 2.17. The minimum Gasteiger partial charge on any atom is -0.383 e. The van der Waals surface area contributed by atoms with Gasteiger partial charge in [-0.15, -0.1) is 0 Å². The van der Waals surface area contributed by atoms with E-state index in [2.05, 4.69) is 0 Å². The van der Waals surface area contributed by atoms with Gasteiger partial charge in [-0.3, -0.25) is 4.79 Å². The maximum atomic E-state index is 12.6. The number of hydrogen-bond acceptors (Lipinski definition) is 3. The topological polar surface area (TPSA) is 55.6 Å². The van der Waals surface area contributed by atoms with Crippen LogP contribution in [0.15, 0.2) is 42.5 Å². The van der Waals surface area contributed by atoms with Crippen LogP contribution >= 0.6 is 0 Å². The van der Waals surface area contributed by atoms with Crippen molar-refractivity contribution in [1.29, 1.82) is 0 Å². The molecule has 0 aromatic heterocycles. The van der Waals surface area contributed by atoms with E-state index in [0.717, 1.165) is 17.2 Å². The lowest BCUT2D eigenvalue weighted by atomic mass is 10.1. The van der Waals surface area contributed by atoms with Gasteiger partial charge in [0.15, 0.2) is 0 Å². The number of methoxy groups -OCH3 is 1. The highest BCUT2D eigenvalue weighted by Gasteiger charge is 2.15. The van der Waals surface area contributed by atoms with Gasteiger partial charge >= 0.3 is 0 Å². The maximum Gasteiger partial charge on any atom is 0.253 e. The summed E-state index contributed by atoms with van der Waals surface area (Å²) in [5, 5.41) is 2.22. The van der Waals surface area contributed by atoms with Gasteiger partial charge in [-0.25, -0.2) is 0 Å². The summed E-state index contributed by atoms with van der Waals surface area (Å²) >= 11 is 0. The predicted octanol–water partition coefficient (Wildman–Crippen LogP) is 2.28. The first-order valence-electron chi connectivity index (χ1n) is 7.23. The van der Waals surface area contributed by atoms with E-state index < -0.39 is 0 Å². The molecule has 0 heterocycles. The molecule has 0 saturated heterocycles. The molecule has 112 valence electrons. The molecule has 0 spiro atoms. The molecule has 0 unspecified atom stereocenters. The van der Waals surface area contributed by atoms with Gasteiger partial charge in [0, 0.05) is 25.8 Å². The van der Waals surface area contributed by atoms with Crippen LogP contribution in [0.25, 0.3) is 10.8 Å². The fourth-order valence-corrected chi connectivity index (χ4v) is 2.30. The largest absolute Gasteiger partial charge is 0.383 e. The third-order valence-corrected chi connectivity index (χ3v) is 3.48. The second-order valence-corrected chi connectivity index (χ2v) is 4.99. The SMILES string of the molecule is COCCN(CCCN)C(=O)c1ccc2ccccc2c1. The molecular weight excluding hydrogens is 264 g/mol. The number of ether oxygens (including phenoxy) is 1. The average Bonchev–Trinajstić information content (AvgIpc) is 2.54. The molecule has 0 saturated carbocycles. The van der Waals surface area contributed by atoms with Crippen molar-refractivity contribution in [2.75, 3.05) is 33.4 Å². The van der Waals surface area contributed by atoms with E-state index in [-0.39, 0.29) is 5.91 Å². The first kappa shape index (κ1) is 15.5. The molecular formula is C17H22N2O2. The Kier molecular flexibility index (Phi) is 5.72. The molecule has 2 aromatic carbocycles. The molecule has 0 bridgehead atoms. The van der Waals surface area contributed by atoms with E-state index in [1.807, 2.05) is 42.5 Å². The number of amides is 1. The van der Waals surface area contributed by atoms with Crippen LogP contribution in [0.3, 0.4) is 0 Å². The van der Waals surface area contributed by atoms with Gasteiger partial charge in [0.2, 0.25) is 0 Å². The predicted molar refractivity (Wildman–Crippen MR) is 85.4 cm³/mol. The van der Waals surface area contributed by atoms with E-state index >= 15 is 0 Å².